The van der Waals surface area contributed by atoms with Crippen molar-refractivity contribution in [3.8, 4) is 0 Å². The number of hydrogen-bond donors (Lipinski definition) is 0. The number of hydrogen-bond acceptors (Lipinski definition) is 3. The van der Waals surface area contributed by atoms with Crippen molar-refractivity contribution in [2.45, 2.75) is 51.6 Å². The molecule has 0 radical (unpaired) electrons. The minimum Gasteiger partial charge on any atom is -0.119 e. The van der Waals surface area contributed by atoms with Gasteiger partial charge in [-0.1, -0.05) is 24.8 Å². The van der Waals surface area contributed by atoms with Crippen LogP contribution < -0.4 is 0 Å². The van der Waals surface area contributed by atoms with E-state index in [0.29, 0.717) is 6.61 Å². The van der Waals surface area contributed by atoms with Gasteiger partial charge >= 0.3 is 8.25 Å². The Hall–Kier alpha value is -0.240. The van der Waals surface area contributed by atoms with Gasteiger partial charge < -0.3 is 0 Å². The second kappa shape index (κ2) is 7.10. The Morgan fingerprint density at radius 3 is 2.67 bits per heavy atom. The highest BCUT2D eigenvalue weighted by Crippen LogP contribution is 2.32. The van der Waals surface area contributed by atoms with Crippen LogP contribution in [0.4, 0.5) is 0 Å². The van der Waals surface area contributed by atoms with E-state index in [9.17, 15) is 4.57 Å². The highest BCUT2D eigenvalue weighted by molar-refractivity contribution is 7.33. The van der Waals surface area contributed by atoms with Gasteiger partial charge in [-0.15, -0.1) is 15.6 Å². The van der Waals surface area contributed by atoms with Gasteiger partial charge in [0.2, 0.25) is 0 Å². The van der Waals surface area contributed by atoms with Gasteiger partial charge in [-0.3, -0.25) is 0 Å². The van der Waals surface area contributed by atoms with Crippen molar-refractivity contribution in [1.29, 1.82) is 0 Å². The van der Waals surface area contributed by atoms with Crippen molar-refractivity contribution in [3.63, 3.8) is 0 Å². The first kappa shape index (κ1) is 12.8. The van der Waals surface area contributed by atoms with Gasteiger partial charge in [-0.2, -0.15) is 0 Å². The van der Waals surface area contributed by atoms with Gasteiger partial charge in [0.1, 0.15) is 12.7 Å². The van der Waals surface area contributed by atoms with Crippen LogP contribution in [-0.4, -0.2) is 12.7 Å². The molecule has 1 aliphatic carbocycles. The zero-order valence-corrected chi connectivity index (χ0v) is 10.3. The highest BCUT2D eigenvalue weighted by Gasteiger charge is 2.28. The van der Waals surface area contributed by atoms with E-state index in [2.05, 4.69) is 6.58 Å². The summed E-state index contributed by atoms with van der Waals surface area (Å²) < 4.78 is 21.8. The molecule has 0 aromatic rings. The maximum Gasteiger partial charge on any atom is 0.697 e. The average molecular weight is 231 g/mol. The summed E-state index contributed by atoms with van der Waals surface area (Å²) in [4.78, 5) is 0. The van der Waals surface area contributed by atoms with E-state index in [-0.39, 0.29) is 6.10 Å². The molecule has 0 N–H and O–H groups in total. The summed E-state index contributed by atoms with van der Waals surface area (Å²) in [6.07, 6.45) is 6.56. The van der Waals surface area contributed by atoms with Gasteiger partial charge in [0.05, 0.1) is 0 Å². The summed E-state index contributed by atoms with van der Waals surface area (Å²) >= 11 is 0. The monoisotopic (exact) mass is 231 g/mol. The van der Waals surface area contributed by atoms with Crippen LogP contribution >= 0.6 is 8.25 Å². The van der Waals surface area contributed by atoms with Crippen molar-refractivity contribution in [1.82, 2.24) is 0 Å². The van der Waals surface area contributed by atoms with Crippen molar-refractivity contribution < 1.29 is 13.6 Å². The lowest BCUT2D eigenvalue weighted by molar-refractivity contribution is 0.131. The van der Waals surface area contributed by atoms with Crippen LogP contribution in [-0.2, 0) is 13.6 Å². The molecule has 4 heteroatoms. The van der Waals surface area contributed by atoms with Crippen molar-refractivity contribution in [2.24, 2.45) is 0 Å². The molecule has 0 spiro atoms. The Bertz CT molecular complexity index is 222. The smallest absolute Gasteiger partial charge is 0.119 e. The molecule has 0 bridgehead atoms. The van der Waals surface area contributed by atoms with E-state index >= 15 is 0 Å². The van der Waals surface area contributed by atoms with Gasteiger partial charge in [0, 0.05) is 4.57 Å². The Labute approximate surface area is 92.8 Å². The first-order chi connectivity index (χ1) is 7.18. The Morgan fingerprint density at radius 1 is 1.40 bits per heavy atom. The van der Waals surface area contributed by atoms with Crippen LogP contribution in [0.25, 0.3) is 0 Å². The Balaban J connectivity index is 2.09. The summed E-state index contributed by atoms with van der Waals surface area (Å²) in [6, 6.07) is 0. The summed E-state index contributed by atoms with van der Waals surface area (Å²) in [6.45, 7) is 6.12. The van der Waals surface area contributed by atoms with E-state index < -0.39 is 8.25 Å². The minimum atomic E-state index is -1.93. The normalized spacial score (nSPS) is 18.9. The summed E-state index contributed by atoms with van der Waals surface area (Å²) in [7, 11) is -1.93. The maximum atomic E-state index is 11.4. The largest absolute Gasteiger partial charge is 0.697 e. The van der Waals surface area contributed by atoms with Crippen molar-refractivity contribution >= 4 is 8.25 Å². The van der Waals surface area contributed by atoms with Crippen LogP contribution in [0.1, 0.15) is 45.4 Å². The molecule has 1 aliphatic rings. The first-order valence-electron chi connectivity index (χ1n) is 5.60. The van der Waals surface area contributed by atoms with Gasteiger partial charge in [0.25, 0.3) is 0 Å². The lowest BCUT2D eigenvalue weighted by Crippen LogP contribution is -2.13. The maximum absolute atomic E-state index is 11.4. The molecule has 0 aromatic heterocycles. The predicted molar refractivity (Wildman–Crippen MR) is 60.9 cm³/mol. The second-order valence-corrected chi connectivity index (χ2v) is 5.05. The molecule has 1 unspecified atom stereocenters. The predicted octanol–water partition coefficient (Wildman–Crippen LogP) is 3.98. The Morgan fingerprint density at radius 2 is 2.07 bits per heavy atom. The molecule has 0 saturated heterocycles. The SMILES string of the molecule is C=C(C)CCO[P+](=O)OC1CCCCC1. The third kappa shape index (κ3) is 6.03. The van der Waals surface area contributed by atoms with Crippen LogP contribution in [0.3, 0.4) is 0 Å². The zero-order valence-electron chi connectivity index (χ0n) is 9.41. The average Bonchev–Trinajstić information content (AvgIpc) is 2.18. The lowest BCUT2D eigenvalue weighted by Gasteiger charge is -2.15. The van der Waals surface area contributed by atoms with Crippen LogP contribution in [0, 0.1) is 0 Å². The highest BCUT2D eigenvalue weighted by atomic mass is 31.1. The van der Waals surface area contributed by atoms with E-state index in [0.717, 1.165) is 24.8 Å². The molecule has 1 atom stereocenters. The van der Waals surface area contributed by atoms with E-state index in [1.807, 2.05) is 6.92 Å². The molecular weight excluding hydrogens is 211 g/mol. The van der Waals surface area contributed by atoms with E-state index in [1.54, 1.807) is 0 Å². The lowest BCUT2D eigenvalue weighted by atomic mass is 9.98. The minimum absolute atomic E-state index is 0.146. The molecule has 15 heavy (non-hydrogen) atoms. The molecule has 1 saturated carbocycles. The molecule has 0 aromatic carbocycles. The van der Waals surface area contributed by atoms with E-state index in [4.69, 9.17) is 9.05 Å². The first-order valence-corrected chi connectivity index (χ1v) is 6.69. The van der Waals surface area contributed by atoms with Gasteiger partial charge in [-0.05, 0) is 26.2 Å². The molecule has 1 rings (SSSR count). The summed E-state index contributed by atoms with van der Waals surface area (Å²) in [5, 5.41) is 0. The van der Waals surface area contributed by atoms with Crippen LogP contribution in [0.2, 0.25) is 0 Å². The van der Waals surface area contributed by atoms with Crippen molar-refractivity contribution in [3.05, 3.63) is 12.2 Å². The number of rotatable bonds is 6. The Kier molecular flexibility index (Phi) is 6.07. The quantitative estimate of drug-likeness (QED) is 0.512. The van der Waals surface area contributed by atoms with E-state index in [1.165, 1.54) is 19.3 Å². The molecule has 0 heterocycles. The van der Waals surface area contributed by atoms with Gasteiger partial charge in [-0.25, -0.2) is 0 Å². The van der Waals surface area contributed by atoms with Gasteiger partial charge in [0.15, 0.2) is 0 Å². The van der Waals surface area contributed by atoms with Crippen molar-refractivity contribution in [2.75, 3.05) is 6.61 Å². The molecule has 0 amide bonds. The van der Waals surface area contributed by atoms with Crippen LogP contribution in [0.15, 0.2) is 12.2 Å². The zero-order chi connectivity index (χ0) is 11.1. The van der Waals surface area contributed by atoms with Crippen LogP contribution in [0.5, 0.6) is 0 Å². The molecule has 0 aliphatic heterocycles. The molecule has 3 nitrogen and oxygen atoms in total. The fourth-order valence-electron chi connectivity index (χ4n) is 1.62. The molecule has 86 valence electrons. The standard InChI is InChI=1S/C11H20O3P/c1-10(2)8-9-13-15(12)14-11-6-4-3-5-7-11/h11H,1,3-9H2,2H3/q+1. The fraction of sp³-hybridized carbons (Fsp3) is 0.818. The third-order valence-electron chi connectivity index (χ3n) is 2.51. The summed E-state index contributed by atoms with van der Waals surface area (Å²) in [5.74, 6) is 0. The molecule has 1 fully saturated rings. The second-order valence-electron chi connectivity index (χ2n) is 4.13. The third-order valence-corrected chi connectivity index (χ3v) is 3.38. The topological polar surface area (TPSA) is 35.5 Å². The summed E-state index contributed by atoms with van der Waals surface area (Å²) in [5.41, 5.74) is 1.04. The molecular formula is C11H20O3P+. The fourth-order valence-corrected chi connectivity index (χ4v) is 2.37.